The lowest BCUT2D eigenvalue weighted by Crippen LogP contribution is -2.51. The highest BCUT2D eigenvalue weighted by Crippen LogP contribution is 2.19. The molecule has 4 rings (SSSR count). The van der Waals surface area contributed by atoms with E-state index in [1.54, 1.807) is 9.42 Å². The van der Waals surface area contributed by atoms with Crippen LogP contribution in [0.25, 0.3) is 5.78 Å². The van der Waals surface area contributed by atoms with Crippen LogP contribution in [-0.2, 0) is 20.6 Å². The zero-order chi connectivity index (χ0) is 22.9. The number of sulfonamides is 1. The van der Waals surface area contributed by atoms with Crippen molar-refractivity contribution < 1.29 is 13.2 Å². The van der Waals surface area contributed by atoms with E-state index in [1.807, 2.05) is 51.1 Å². The molecule has 170 valence electrons. The molecule has 3 heterocycles. The van der Waals surface area contributed by atoms with Crippen LogP contribution in [0, 0.1) is 20.8 Å². The number of amides is 1. The van der Waals surface area contributed by atoms with Crippen LogP contribution in [-0.4, -0.2) is 75.0 Å². The molecule has 32 heavy (non-hydrogen) atoms. The molecule has 0 atom stereocenters. The highest BCUT2D eigenvalue weighted by molar-refractivity contribution is 7.99. The number of hydrogen-bond acceptors (Lipinski definition) is 7. The minimum absolute atomic E-state index is 0.0242. The average Bonchev–Trinajstić information content (AvgIpc) is 3.19. The molecular weight excluding hydrogens is 448 g/mol. The fourth-order valence-electron chi connectivity index (χ4n) is 3.61. The number of carbonyl (C=O) groups is 1. The normalized spacial score (nSPS) is 15.4. The van der Waals surface area contributed by atoms with Crippen molar-refractivity contribution in [3.05, 3.63) is 52.8 Å². The standard InChI is InChI=1S/C21H26N6O3S2/c1-15-16(2)22-20-23-21(24-27(20)17(15)3)31-13-19(28)25-9-11-26(12-10-25)32(29,30)14-18-7-5-4-6-8-18/h4-8H,9-14H2,1-3H3. The summed E-state index contributed by atoms with van der Waals surface area (Å²) in [5.41, 5.74) is 3.72. The molecule has 1 amide bonds. The lowest BCUT2D eigenvalue weighted by molar-refractivity contribution is -0.129. The smallest absolute Gasteiger partial charge is 0.253 e. The molecule has 0 spiro atoms. The summed E-state index contributed by atoms with van der Waals surface area (Å²) in [6, 6.07) is 9.14. The third-order valence-electron chi connectivity index (χ3n) is 5.74. The highest BCUT2D eigenvalue weighted by Gasteiger charge is 2.29. The van der Waals surface area contributed by atoms with E-state index in [9.17, 15) is 13.2 Å². The molecule has 3 aromatic rings. The molecule has 0 bridgehead atoms. The number of carbonyl (C=O) groups excluding carboxylic acids is 1. The molecule has 0 saturated carbocycles. The molecule has 0 N–H and O–H groups in total. The van der Waals surface area contributed by atoms with Crippen molar-refractivity contribution in [1.82, 2.24) is 28.8 Å². The number of aromatic nitrogens is 4. The Hall–Kier alpha value is -2.50. The van der Waals surface area contributed by atoms with E-state index in [0.717, 1.165) is 22.5 Å². The van der Waals surface area contributed by atoms with Crippen molar-refractivity contribution in [1.29, 1.82) is 0 Å². The van der Waals surface area contributed by atoms with E-state index >= 15 is 0 Å². The molecule has 1 fully saturated rings. The van der Waals surface area contributed by atoms with Gasteiger partial charge >= 0.3 is 0 Å². The van der Waals surface area contributed by atoms with Crippen molar-refractivity contribution in [3.8, 4) is 0 Å². The second-order valence-corrected chi connectivity index (χ2v) is 10.7. The summed E-state index contributed by atoms with van der Waals surface area (Å²) in [4.78, 5) is 23.2. The first-order chi connectivity index (χ1) is 15.2. The first kappa shape index (κ1) is 22.7. The van der Waals surface area contributed by atoms with Crippen LogP contribution in [0.2, 0.25) is 0 Å². The van der Waals surface area contributed by atoms with Gasteiger partial charge in [-0.1, -0.05) is 42.1 Å². The summed E-state index contributed by atoms with van der Waals surface area (Å²) in [6.45, 7) is 7.27. The number of piperazine rings is 1. The van der Waals surface area contributed by atoms with E-state index < -0.39 is 10.0 Å². The van der Waals surface area contributed by atoms with Crippen LogP contribution in [0.1, 0.15) is 22.5 Å². The minimum Gasteiger partial charge on any atom is -0.339 e. The zero-order valence-corrected chi connectivity index (χ0v) is 20.0. The van der Waals surface area contributed by atoms with Crippen LogP contribution in [0.15, 0.2) is 35.5 Å². The Bertz CT molecular complexity index is 1240. The average molecular weight is 475 g/mol. The van der Waals surface area contributed by atoms with Gasteiger partial charge in [-0.3, -0.25) is 4.79 Å². The first-order valence-electron chi connectivity index (χ1n) is 10.4. The van der Waals surface area contributed by atoms with Crippen LogP contribution >= 0.6 is 11.8 Å². The van der Waals surface area contributed by atoms with Crippen molar-refractivity contribution in [2.75, 3.05) is 31.9 Å². The summed E-state index contributed by atoms with van der Waals surface area (Å²) in [6.07, 6.45) is 0. The minimum atomic E-state index is -3.41. The molecule has 1 saturated heterocycles. The maximum Gasteiger partial charge on any atom is 0.253 e. The second-order valence-electron chi connectivity index (χ2n) is 7.82. The molecule has 1 aliphatic heterocycles. The number of rotatable bonds is 6. The summed E-state index contributed by atoms with van der Waals surface area (Å²) >= 11 is 1.27. The Balaban J connectivity index is 1.32. The second kappa shape index (κ2) is 9.16. The molecule has 9 nitrogen and oxygen atoms in total. The number of fused-ring (bicyclic) bond motifs is 1. The molecule has 11 heteroatoms. The zero-order valence-electron chi connectivity index (χ0n) is 18.4. The SMILES string of the molecule is Cc1nc2nc(SCC(=O)N3CCN(S(=O)(=O)Cc4ccccc4)CC3)nn2c(C)c1C. The van der Waals surface area contributed by atoms with Crippen LogP contribution in [0.4, 0.5) is 0 Å². The molecule has 0 aliphatic carbocycles. The van der Waals surface area contributed by atoms with Crippen molar-refractivity contribution in [2.24, 2.45) is 0 Å². The number of hydrogen-bond donors (Lipinski definition) is 0. The molecule has 2 aromatic heterocycles. The van der Waals surface area contributed by atoms with Gasteiger partial charge in [-0.2, -0.15) is 9.29 Å². The van der Waals surface area contributed by atoms with Gasteiger partial charge in [-0.15, -0.1) is 5.10 Å². The van der Waals surface area contributed by atoms with Gasteiger partial charge in [0, 0.05) is 37.6 Å². The van der Waals surface area contributed by atoms with E-state index in [-0.39, 0.29) is 17.4 Å². The summed E-state index contributed by atoms with van der Waals surface area (Å²) < 4.78 is 28.6. The highest BCUT2D eigenvalue weighted by atomic mass is 32.2. The lowest BCUT2D eigenvalue weighted by atomic mass is 10.2. The van der Waals surface area contributed by atoms with Crippen molar-refractivity contribution >= 4 is 33.5 Å². The summed E-state index contributed by atoms with van der Waals surface area (Å²) in [5.74, 6) is 0.651. The fraction of sp³-hybridized carbons (Fsp3) is 0.429. The van der Waals surface area contributed by atoms with Gasteiger partial charge < -0.3 is 4.90 Å². The number of aryl methyl sites for hydroxylation is 2. The number of benzene rings is 1. The summed E-state index contributed by atoms with van der Waals surface area (Å²) in [7, 11) is -3.41. The molecule has 1 aromatic carbocycles. The fourth-order valence-corrected chi connectivity index (χ4v) is 5.84. The Kier molecular flexibility index (Phi) is 6.50. The first-order valence-corrected chi connectivity index (χ1v) is 13.0. The van der Waals surface area contributed by atoms with E-state index in [1.165, 1.54) is 16.1 Å². The van der Waals surface area contributed by atoms with Gasteiger partial charge in [0.05, 0.1) is 11.5 Å². The predicted molar refractivity (Wildman–Crippen MR) is 123 cm³/mol. The van der Waals surface area contributed by atoms with Gasteiger partial charge in [-0.05, 0) is 31.9 Å². The number of nitrogens with zero attached hydrogens (tertiary/aromatic N) is 6. The maximum atomic E-state index is 12.7. The lowest BCUT2D eigenvalue weighted by Gasteiger charge is -2.34. The van der Waals surface area contributed by atoms with Crippen LogP contribution in [0.3, 0.4) is 0 Å². The van der Waals surface area contributed by atoms with E-state index in [4.69, 9.17) is 0 Å². The quantitative estimate of drug-likeness (QED) is 0.502. The Morgan fingerprint density at radius 2 is 1.72 bits per heavy atom. The topological polar surface area (TPSA) is 101 Å². The third kappa shape index (κ3) is 4.79. The molecule has 1 aliphatic rings. The summed E-state index contributed by atoms with van der Waals surface area (Å²) in [5, 5.41) is 4.97. The van der Waals surface area contributed by atoms with Gasteiger partial charge in [0.2, 0.25) is 21.1 Å². The van der Waals surface area contributed by atoms with Crippen LogP contribution in [0.5, 0.6) is 0 Å². The maximum absolute atomic E-state index is 12.7. The third-order valence-corrected chi connectivity index (χ3v) is 8.42. The predicted octanol–water partition coefficient (Wildman–Crippen LogP) is 1.82. The van der Waals surface area contributed by atoms with Crippen LogP contribution < -0.4 is 0 Å². The largest absolute Gasteiger partial charge is 0.339 e. The Morgan fingerprint density at radius 1 is 1.03 bits per heavy atom. The van der Waals surface area contributed by atoms with E-state index in [2.05, 4.69) is 15.1 Å². The van der Waals surface area contributed by atoms with Crippen molar-refractivity contribution in [3.63, 3.8) is 0 Å². The van der Waals surface area contributed by atoms with Gasteiger partial charge in [0.1, 0.15) is 0 Å². The monoisotopic (exact) mass is 474 g/mol. The molecular formula is C21H26N6O3S2. The Morgan fingerprint density at radius 3 is 2.41 bits per heavy atom. The van der Waals surface area contributed by atoms with Gasteiger partial charge in [0.25, 0.3) is 5.78 Å². The van der Waals surface area contributed by atoms with E-state index in [0.29, 0.717) is 37.1 Å². The van der Waals surface area contributed by atoms with Gasteiger partial charge in [-0.25, -0.2) is 17.9 Å². The Labute approximate surface area is 191 Å². The molecule has 0 unspecified atom stereocenters. The molecule has 0 radical (unpaired) electrons. The van der Waals surface area contributed by atoms with Crippen molar-refractivity contribution in [2.45, 2.75) is 31.7 Å². The van der Waals surface area contributed by atoms with Gasteiger partial charge in [0.15, 0.2) is 0 Å². The number of thioether (sulfide) groups is 1.